The van der Waals surface area contributed by atoms with Gasteiger partial charge in [0.2, 0.25) is 0 Å². The van der Waals surface area contributed by atoms with Crippen molar-refractivity contribution in [2.45, 2.75) is 6.54 Å². The fraction of sp³-hybridized carbons (Fsp3) is 0.188. The summed E-state index contributed by atoms with van der Waals surface area (Å²) in [7, 11) is 1.77. The summed E-state index contributed by atoms with van der Waals surface area (Å²) < 4.78 is 19.3. The molecule has 104 valence electrons. The molecule has 0 amide bonds. The Morgan fingerprint density at radius 1 is 1.25 bits per heavy atom. The molecule has 0 radical (unpaired) electrons. The van der Waals surface area contributed by atoms with Crippen LogP contribution < -0.4 is 10.1 Å². The maximum atomic E-state index is 14.0. The Morgan fingerprint density at radius 3 is 2.80 bits per heavy atom. The van der Waals surface area contributed by atoms with Crippen LogP contribution in [-0.4, -0.2) is 18.6 Å². The number of hydrogen-bond donors (Lipinski definition) is 1. The molecular formula is C16H17FN2O. The van der Waals surface area contributed by atoms with E-state index in [0.29, 0.717) is 12.1 Å². The van der Waals surface area contributed by atoms with Crippen molar-refractivity contribution in [3.05, 3.63) is 65.6 Å². The van der Waals surface area contributed by atoms with Crippen molar-refractivity contribution >= 4 is 6.08 Å². The van der Waals surface area contributed by atoms with Gasteiger partial charge < -0.3 is 10.1 Å². The second-order valence-electron chi connectivity index (χ2n) is 4.24. The van der Waals surface area contributed by atoms with Gasteiger partial charge >= 0.3 is 0 Å². The summed E-state index contributed by atoms with van der Waals surface area (Å²) in [4.78, 5) is 3.91. The third-order valence-corrected chi connectivity index (χ3v) is 2.73. The molecule has 0 unspecified atom stereocenters. The normalized spacial score (nSPS) is 10.9. The average molecular weight is 272 g/mol. The van der Waals surface area contributed by atoms with E-state index in [4.69, 9.17) is 4.74 Å². The third kappa shape index (κ3) is 3.90. The smallest absolute Gasteiger partial charge is 0.251 e. The fourth-order valence-electron chi connectivity index (χ4n) is 1.77. The van der Waals surface area contributed by atoms with Gasteiger partial charge in [-0.3, -0.25) is 0 Å². The number of ether oxygens (including phenoxy) is 1. The molecular weight excluding hydrogens is 255 g/mol. The highest BCUT2D eigenvalue weighted by Gasteiger charge is 2.09. The quantitative estimate of drug-likeness (QED) is 0.877. The molecule has 0 bridgehead atoms. The number of pyridine rings is 1. The lowest BCUT2D eigenvalue weighted by Gasteiger charge is -2.07. The highest BCUT2D eigenvalue weighted by molar-refractivity contribution is 5.48. The molecule has 0 fully saturated rings. The van der Waals surface area contributed by atoms with Crippen molar-refractivity contribution < 1.29 is 9.13 Å². The van der Waals surface area contributed by atoms with E-state index in [0.717, 1.165) is 5.56 Å². The Labute approximate surface area is 118 Å². The second kappa shape index (κ2) is 7.40. The average Bonchev–Trinajstić information content (AvgIpc) is 2.48. The zero-order chi connectivity index (χ0) is 14.2. The summed E-state index contributed by atoms with van der Waals surface area (Å²) in [6.07, 6.45) is 5.31. The minimum atomic E-state index is -0.407. The van der Waals surface area contributed by atoms with Crippen molar-refractivity contribution in [1.29, 1.82) is 0 Å². The van der Waals surface area contributed by atoms with Crippen LogP contribution in [0.4, 0.5) is 4.39 Å². The highest BCUT2D eigenvalue weighted by Crippen LogP contribution is 2.17. The summed E-state index contributed by atoms with van der Waals surface area (Å²) in [6, 6.07) is 11.5. The van der Waals surface area contributed by atoms with Gasteiger partial charge in [-0.15, -0.1) is 0 Å². The van der Waals surface area contributed by atoms with Crippen molar-refractivity contribution in [2.24, 2.45) is 0 Å². The minimum absolute atomic E-state index is 0.0375. The van der Waals surface area contributed by atoms with Crippen LogP contribution in [0.5, 0.6) is 5.88 Å². The zero-order valence-corrected chi connectivity index (χ0v) is 11.3. The van der Waals surface area contributed by atoms with E-state index in [1.807, 2.05) is 42.5 Å². The molecule has 2 aromatic rings. The zero-order valence-electron chi connectivity index (χ0n) is 11.3. The Bertz CT molecular complexity index is 570. The van der Waals surface area contributed by atoms with Gasteiger partial charge in [0.25, 0.3) is 5.88 Å². The van der Waals surface area contributed by atoms with Crippen molar-refractivity contribution in [3.8, 4) is 5.88 Å². The fourth-order valence-corrected chi connectivity index (χ4v) is 1.77. The van der Waals surface area contributed by atoms with E-state index in [-0.39, 0.29) is 12.5 Å². The van der Waals surface area contributed by atoms with Gasteiger partial charge in [0.1, 0.15) is 6.61 Å². The first-order valence-corrected chi connectivity index (χ1v) is 6.43. The number of nitrogens with zero attached hydrogens (tertiary/aromatic N) is 1. The van der Waals surface area contributed by atoms with Crippen LogP contribution in [0.3, 0.4) is 0 Å². The first-order valence-electron chi connectivity index (χ1n) is 6.43. The Kier molecular flexibility index (Phi) is 5.26. The van der Waals surface area contributed by atoms with E-state index in [1.165, 1.54) is 0 Å². The number of rotatable bonds is 6. The van der Waals surface area contributed by atoms with E-state index < -0.39 is 5.82 Å². The van der Waals surface area contributed by atoms with Gasteiger partial charge in [-0.25, -0.2) is 9.37 Å². The van der Waals surface area contributed by atoms with Gasteiger partial charge in [-0.1, -0.05) is 36.4 Å². The van der Waals surface area contributed by atoms with E-state index in [9.17, 15) is 4.39 Å². The largest absolute Gasteiger partial charge is 0.471 e. The lowest BCUT2D eigenvalue weighted by molar-refractivity contribution is 0.325. The predicted octanol–water partition coefficient (Wildman–Crippen LogP) is 3.03. The van der Waals surface area contributed by atoms with Crippen LogP contribution in [0.15, 0.2) is 48.7 Å². The lowest BCUT2D eigenvalue weighted by Crippen LogP contribution is -2.09. The maximum Gasteiger partial charge on any atom is 0.251 e. The molecule has 0 aliphatic heterocycles. The third-order valence-electron chi connectivity index (χ3n) is 2.73. The molecule has 3 nitrogen and oxygen atoms in total. The van der Waals surface area contributed by atoms with Crippen LogP contribution >= 0.6 is 0 Å². The Morgan fingerprint density at radius 2 is 2.05 bits per heavy atom. The molecule has 1 aromatic heterocycles. The topological polar surface area (TPSA) is 34.2 Å². The van der Waals surface area contributed by atoms with E-state index in [1.54, 1.807) is 19.3 Å². The highest BCUT2D eigenvalue weighted by atomic mass is 19.1. The predicted molar refractivity (Wildman–Crippen MR) is 77.9 cm³/mol. The standard InChI is InChI=1S/C16H17FN2O/c1-18-12-14-9-10-19-16(15(14)17)20-11-5-8-13-6-3-2-4-7-13/h2-10,18H,11-12H2,1H3/b8-5+. The Balaban J connectivity index is 1.94. The van der Waals surface area contributed by atoms with E-state index in [2.05, 4.69) is 10.3 Å². The number of hydrogen-bond acceptors (Lipinski definition) is 3. The molecule has 1 N–H and O–H groups in total. The van der Waals surface area contributed by atoms with Crippen molar-refractivity contribution in [3.63, 3.8) is 0 Å². The van der Waals surface area contributed by atoms with Crippen LogP contribution in [0.1, 0.15) is 11.1 Å². The summed E-state index contributed by atoms with van der Waals surface area (Å²) in [5, 5.41) is 2.90. The van der Waals surface area contributed by atoms with Gasteiger partial charge in [-0.05, 0) is 24.8 Å². The molecule has 4 heteroatoms. The molecule has 1 aromatic carbocycles. The molecule has 0 aliphatic rings. The van der Waals surface area contributed by atoms with Gasteiger partial charge in [-0.2, -0.15) is 0 Å². The molecule has 2 rings (SSSR count). The van der Waals surface area contributed by atoms with Crippen molar-refractivity contribution in [1.82, 2.24) is 10.3 Å². The van der Waals surface area contributed by atoms with Crippen LogP contribution in [0.2, 0.25) is 0 Å². The van der Waals surface area contributed by atoms with Crippen LogP contribution in [-0.2, 0) is 6.54 Å². The van der Waals surface area contributed by atoms with Gasteiger partial charge in [0.05, 0.1) is 0 Å². The number of halogens is 1. The first kappa shape index (κ1) is 14.2. The monoisotopic (exact) mass is 272 g/mol. The van der Waals surface area contributed by atoms with E-state index >= 15 is 0 Å². The summed E-state index contributed by atoms with van der Waals surface area (Å²) in [6.45, 7) is 0.729. The van der Waals surface area contributed by atoms with Crippen LogP contribution in [0, 0.1) is 5.82 Å². The molecule has 0 spiro atoms. The lowest BCUT2D eigenvalue weighted by atomic mass is 10.2. The molecule has 20 heavy (non-hydrogen) atoms. The molecule has 0 atom stereocenters. The Hall–Kier alpha value is -2.20. The number of benzene rings is 1. The second-order valence-corrected chi connectivity index (χ2v) is 4.24. The SMILES string of the molecule is CNCc1ccnc(OC/C=C/c2ccccc2)c1F. The summed E-state index contributed by atoms with van der Waals surface area (Å²) in [5.41, 5.74) is 1.62. The molecule has 0 saturated carbocycles. The van der Waals surface area contributed by atoms with Crippen LogP contribution in [0.25, 0.3) is 6.08 Å². The number of aromatic nitrogens is 1. The molecule has 0 saturated heterocycles. The van der Waals surface area contributed by atoms with Gasteiger partial charge in [0, 0.05) is 18.3 Å². The first-order chi connectivity index (χ1) is 9.81. The molecule has 0 aliphatic carbocycles. The van der Waals surface area contributed by atoms with Gasteiger partial charge in [0.15, 0.2) is 5.82 Å². The maximum absolute atomic E-state index is 14.0. The molecule has 1 heterocycles. The summed E-state index contributed by atoms with van der Waals surface area (Å²) in [5.74, 6) is -0.370. The number of nitrogens with one attached hydrogen (secondary N) is 1. The van der Waals surface area contributed by atoms with Crippen molar-refractivity contribution in [2.75, 3.05) is 13.7 Å². The minimum Gasteiger partial charge on any atom is -0.471 e. The summed E-state index contributed by atoms with van der Waals surface area (Å²) >= 11 is 0.